The highest BCUT2D eigenvalue weighted by Crippen LogP contribution is 2.20. The quantitative estimate of drug-likeness (QED) is 0.680. The molecule has 0 aromatic heterocycles. The van der Waals surface area contributed by atoms with E-state index in [-0.39, 0.29) is 36.3 Å². The molecule has 0 bridgehead atoms. The lowest BCUT2D eigenvalue weighted by atomic mass is 9.97. The van der Waals surface area contributed by atoms with Crippen LogP contribution in [-0.4, -0.2) is 73.7 Å². The van der Waals surface area contributed by atoms with Gasteiger partial charge in [-0.25, -0.2) is 4.39 Å². The normalized spacial score (nSPS) is 23.2. The molecule has 7 heteroatoms. The van der Waals surface area contributed by atoms with E-state index in [2.05, 4.69) is 18.7 Å². The number of rotatable bonds is 6. The standard InChI is InChI=1S/C22H31FN2O4/c1-16(2)12-24-10-11-28-20(14-24)15-29-22(27)18-4-3-9-25(13-18)21(26)17-5-7-19(23)8-6-17/h5-8,16,18,20H,3-4,9-15H2,1-2H3. The molecule has 2 atom stereocenters. The molecule has 2 saturated heterocycles. The smallest absolute Gasteiger partial charge is 0.310 e. The highest BCUT2D eigenvalue weighted by molar-refractivity contribution is 5.94. The highest BCUT2D eigenvalue weighted by atomic mass is 19.1. The van der Waals surface area contributed by atoms with Crippen LogP contribution < -0.4 is 0 Å². The maximum Gasteiger partial charge on any atom is 0.310 e. The molecule has 2 aliphatic rings. The Morgan fingerprint density at radius 3 is 2.69 bits per heavy atom. The summed E-state index contributed by atoms with van der Waals surface area (Å²) in [6, 6.07) is 5.50. The second-order valence-corrected chi connectivity index (χ2v) is 8.37. The molecule has 1 aromatic rings. The number of piperidine rings is 1. The van der Waals surface area contributed by atoms with E-state index in [0.29, 0.717) is 37.6 Å². The first-order valence-corrected chi connectivity index (χ1v) is 10.5. The zero-order valence-electron chi connectivity index (χ0n) is 17.3. The van der Waals surface area contributed by atoms with Crippen molar-refractivity contribution in [3.8, 4) is 0 Å². The highest BCUT2D eigenvalue weighted by Gasteiger charge is 2.31. The van der Waals surface area contributed by atoms with Gasteiger partial charge in [0.25, 0.3) is 5.91 Å². The minimum atomic E-state index is -0.376. The molecule has 2 fully saturated rings. The number of hydrogen-bond acceptors (Lipinski definition) is 5. The summed E-state index contributed by atoms with van der Waals surface area (Å²) in [4.78, 5) is 29.2. The molecule has 2 unspecified atom stereocenters. The van der Waals surface area contributed by atoms with Crippen molar-refractivity contribution in [1.82, 2.24) is 9.80 Å². The number of hydrogen-bond donors (Lipinski definition) is 0. The van der Waals surface area contributed by atoms with Crippen molar-refractivity contribution in [2.45, 2.75) is 32.8 Å². The minimum Gasteiger partial charge on any atom is -0.463 e. The Kier molecular flexibility index (Phi) is 7.61. The van der Waals surface area contributed by atoms with E-state index < -0.39 is 0 Å². The van der Waals surface area contributed by atoms with E-state index in [0.717, 1.165) is 26.1 Å². The first kappa shape index (κ1) is 21.7. The van der Waals surface area contributed by atoms with Gasteiger partial charge < -0.3 is 14.4 Å². The topological polar surface area (TPSA) is 59.1 Å². The summed E-state index contributed by atoms with van der Waals surface area (Å²) in [7, 11) is 0. The van der Waals surface area contributed by atoms with Crippen molar-refractivity contribution in [3.63, 3.8) is 0 Å². The Morgan fingerprint density at radius 2 is 1.97 bits per heavy atom. The van der Waals surface area contributed by atoms with E-state index >= 15 is 0 Å². The summed E-state index contributed by atoms with van der Waals surface area (Å²) in [6.45, 7) is 8.89. The van der Waals surface area contributed by atoms with Crippen molar-refractivity contribution >= 4 is 11.9 Å². The molecular weight excluding hydrogens is 375 g/mol. The summed E-state index contributed by atoms with van der Waals surface area (Å²) in [5.74, 6) is -0.571. The molecule has 0 radical (unpaired) electrons. The fourth-order valence-electron chi connectivity index (χ4n) is 3.99. The number of amides is 1. The molecule has 6 nitrogen and oxygen atoms in total. The molecule has 0 aliphatic carbocycles. The zero-order chi connectivity index (χ0) is 20.8. The number of ether oxygens (including phenoxy) is 2. The molecule has 3 rings (SSSR count). The van der Waals surface area contributed by atoms with E-state index in [1.54, 1.807) is 4.90 Å². The monoisotopic (exact) mass is 406 g/mol. The van der Waals surface area contributed by atoms with Crippen LogP contribution in [0.2, 0.25) is 0 Å². The number of nitrogens with zero attached hydrogens (tertiary/aromatic N) is 2. The van der Waals surface area contributed by atoms with Gasteiger partial charge in [0.05, 0.1) is 12.5 Å². The lowest BCUT2D eigenvalue weighted by Crippen LogP contribution is -2.47. The van der Waals surface area contributed by atoms with Crippen LogP contribution in [0.4, 0.5) is 4.39 Å². The van der Waals surface area contributed by atoms with Gasteiger partial charge in [0.15, 0.2) is 0 Å². The molecule has 0 spiro atoms. The van der Waals surface area contributed by atoms with Crippen LogP contribution in [-0.2, 0) is 14.3 Å². The molecular formula is C22H31FN2O4. The lowest BCUT2D eigenvalue weighted by molar-refractivity contribution is -0.156. The third-order valence-corrected chi connectivity index (χ3v) is 5.39. The SMILES string of the molecule is CC(C)CN1CCOC(COC(=O)C2CCCN(C(=O)c3ccc(F)cc3)C2)C1. The van der Waals surface area contributed by atoms with E-state index in [1.807, 2.05) is 0 Å². The molecule has 1 aromatic carbocycles. The van der Waals surface area contributed by atoms with Gasteiger partial charge >= 0.3 is 5.97 Å². The fraction of sp³-hybridized carbons (Fsp3) is 0.636. The molecule has 2 heterocycles. The van der Waals surface area contributed by atoms with Gasteiger partial charge in [0.2, 0.25) is 0 Å². The van der Waals surface area contributed by atoms with Crippen molar-refractivity contribution in [1.29, 1.82) is 0 Å². The lowest BCUT2D eigenvalue weighted by Gasteiger charge is -2.34. The number of carbonyl (C=O) groups excluding carboxylic acids is 2. The van der Waals surface area contributed by atoms with Gasteiger partial charge in [0, 0.05) is 38.3 Å². The first-order chi connectivity index (χ1) is 13.9. The minimum absolute atomic E-state index is 0.105. The predicted molar refractivity (Wildman–Crippen MR) is 107 cm³/mol. The van der Waals surface area contributed by atoms with Crippen LogP contribution in [0.1, 0.15) is 37.0 Å². The van der Waals surface area contributed by atoms with Crippen molar-refractivity contribution in [2.75, 3.05) is 45.9 Å². The molecule has 29 heavy (non-hydrogen) atoms. The fourth-order valence-corrected chi connectivity index (χ4v) is 3.99. The van der Waals surface area contributed by atoms with Crippen molar-refractivity contribution in [3.05, 3.63) is 35.6 Å². The Labute approximate surface area is 171 Å². The Bertz CT molecular complexity index is 695. The van der Waals surface area contributed by atoms with Crippen LogP contribution in [0.3, 0.4) is 0 Å². The summed E-state index contributed by atoms with van der Waals surface area (Å²) in [5.41, 5.74) is 0.432. The third-order valence-electron chi connectivity index (χ3n) is 5.39. The summed E-state index contributed by atoms with van der Waals surface area (Å²) in [6.07, 6.45) is 1.35. The van der Waals surface area contributed by atoms with Crippen LogP contribution in [0.15, 0.2) is 24.3 Å². The molecule has 1 amide bonds. The van der Waals surface area contributed by atoms with Crippen molar-refractivity contribution in [2.24, 2.45) is 11.8 Å². The van der Waals surface area contributed by atoms with Gasteiger partial charge in [-0.1, -0.05) is 13.8 Å². The number of halogens is 1. The summed E-state index contributed by atoms with van der Waals surface area (Å²) >= 11 is 0. The van der Waals surface area contributed by atoms with E-state index in [4.69, 9.17) is 9.47 Å². The Hall–Kier alpha value is -1.99. The second-order valence-electron chi connectivity index (χ2n) is 8.37. The van der Waals surface area contributed by atoms with Crippen LogP contribution in [0.25, 0.3) is 0 Å². The Balaban J connectivity index is 1.48. The third kappa shape index (κ3) is 6.24. The summed E-state index contributed by atoms with van der Waals surface area (Å²) < 4.78 is 24.4. The number of carbonyl (C=O) groups is 2. The average Bonchev–Trinajstić information content (AvgIpc) is 2.72. The van der Waals surface area contributed by atoms with Crippen LogP contribution in [0, 0.1) is 17.7 Å². The maximum atomic E-state index is 13.1. The van der Waals surface area contributed by atoms with Gasteiger partial charge in [-0.3, -0.25) is 14.5 Å². The van der Waals surface area contributed by atoms with Crippen molar-refractivity contribution < 1.29 is 23.5 Å². The number of morpholine rings is 1. The number of esters is 1. The summed E-state index contributed by atoms with van der Waals surface area (Å²) in [5, 5.41) is 0. The van der Waals surface area contributed by atoms with Crippen LogP contribution >= 0.6 is 0 Å². The largest absolute Gasteiger partial charge is 0.463 e. The molecule has 2 aliphatic heterocycles. The van der Waals surface area contributed by atoms with Crippen LogP contribution in [0.5, 0.6) is 0 Å². The van der Waals surface area contributed by atoms with Gasteiger partial charge in [-0.15, -0.1) is 0 Å². The number of benzene rings is 1. The molecule has 0 saturated carbocycles. The van der Waals surface area contributed by atoms with E-state index in [1.165, 1.54) is 24.3 Å². The molecule has 0 N–H and O–H groups in total. The molecule has 160 valence electrons. The average molecular weight is 406 g/mol. The first-order valence-electron chi connectivity index (χ1n) is 10.5. The zero-order valence-corrected chi connectivity index (χ0v) is 17.3. The van der Waals surface area contributed by atoms with E-state index in [9.17, 15) is 14.0 Å². The maximum absolute atomic E-state index is 13.1. The van der Waals surface area contributed by atoms with Gasteiger partial charge in [-0.05, 0) is 43.0 Å². The second kappa shape index (κ2) is 10.2. The van der Waals surface area contributed by atoms with Gasteiger partial charge in [0.1, 0.15) is 18.5 Å². The Morgan fingerprint density at radius 1 is 1.21 bits per heavy atom. The predicted octanol–water partition coefficient (Wildman–Crippen LogP) is 2.58. The number of likely N-dealkylation sites (tertiary alicyclic amines) is 1. The van der Waals surface area contributed by atoms with Gasteiger partial charge in [-0.2, -0.15) is 0 Å².